The topological polar surface area (TPSA) is 56.7 Å². The molecule has 0 aromatic carbocycles. The highest BCUT2D eigenvalue weighted by atomic mass is 127. The normalized spacial score (nSPS) is 20.1. The van der Waals surface area contributed by atoms with E-state index in [0.29, 0.717) is 13.0 Å². The molecule has 0 aromatic rings. The van der Waals surface area contributed by atoms with Gasteiger partial charge in [-0.25, -0.2) is 0 Å². The Morgan fingerprint density at radius 3 is 2.73 bits per heavy atom. The number of rotatable bonds is 6. The molecular weight excluding hydrogens is 391 g/mol. The molecule has 0 aromatic heterocycles. The average molecular weight is 424 g/mol. The zero-order chi connectivity index (χ0) is 15.7. The lowest BCUT2D eigenvalue weighted by molar-refractivity contribution is -0.121. The van der Waals surface area contributed by atoms with Crippen LogP contribution in [0.4, 0.5) is 0 Å². The number of amides is 1. The van der Waals surface area contributed by atoms with Crippen LogP contribution < -0.4 is 10.6 Å². The van der Waals surface area contributed by atoms with Crippen LogP contribution in [-0.4, -0.2) is 49.0 Å². The van der Waals surface area contributed by atoms with Crippen molar-refractivity contribution >= 4 is 35.8 Å². The molecule has 2 N–H and O–H groups in total. The SMILES string of the molecule is CCNC(=NCCC(=O)NC(C)CC)N1CCCC(C)C1.I. The Balaban J connectivity index is 0.00000441. The number of piperidine rings is 1. The number of aliphatic imine (C=N–C) groups is 1. The molecule has 0 spiro atoms. The number of nitrogens with one attached hydrogen (secondary N) is 2. The van der Waals surface area contributed by atoms with Crippen LogP contribution in [-0.2, 0) is 4.79 Å². The summed E-state index contributed by atoms with van der Waals surface area (Å²) in [5.41, 5.74) is 0. The van der Waals surface area contributed by atoms with E-state index in [1.54, 1.807) is 0 Å². The van der Waals surface area contributed by atoms with Gasteiger partial charge < -0.3 is 15.5 Å². The van der Waals surface area contributed by atoms with E-state index in [9.17, 15) is 4.79 Å². The fraction of sp³-hybridized carbons (Fsp3) is 0.875. The molecule has 0 radical (unpaired) electrons. The number of guanidine groups is 1. The summed E-state index contributed by atoms with van der Waals surface area (Å²) >= 11 is 0. The van der Waals surface area contributed by atoms with Gasteiger partial charge >= 0.3 is 0 Å². The van der Waals surface area contributed by atoms with E-state index >= 15 is 0 Å². The first-order valence-electron chi connectivity index (χ1n) is 8.39. The number of hydrogen-bond donors (Lipinski definition) is 2. The maximum Gasteiger partial charge on any atom is 0.222 e. The van der Waals surface area contributed by atoms with E-state index in [1.807, 2.05) is 6.92 Å². The Morgan fingerprint density at radius 2 is 2.14 bits per heavy atom. The summed E-state index contributed by atoms with van der Waals surface area (Å²) in [5.74, 6) is 1.77. The van der Waals surface area contributed by atoms with Crippen LogP contribution in [0.3, 0.4) is 0 Å². The molecule has 0 saturated carbocycles. The second-order valence-electron chi connectivity index (χ2n) is 6.06. The fourth-order valence-corrected chi connectivity index (χ4v) is 2.52. The second-order valence-corrected chi connectivity index (χ2v) is 6.06. The molecule has 1 heterocycles. The first kappa shape index (κ1) is 21.5. The van der Waals surface area contributed by atoms with Crippen LogP contribution in [0.15, 0.2) is 4.99 Å². The van der Waals surface area contributed by atoms with Crippen molar-refractivity contribution in [2.75, 3.05) is 26.2 Å². The predicted octanol–water partition coefficient (Wildman–Crippen LogP) is 2.61. The smallest absolute Gasteiger partial charge is 0.222 e. The van der Waals surface area contributed by atoms with E-state index in [1.165, 1.54) is 12.8 Å². The Bertz CT molecular complexity index is 349. The van der Waals surface area contributed by atoms with Crippen molar-refractivity contribution in [3.8, 4) is 0 Å². The molecule has 2 unspecified atom stereocenters. The Kier molecular flexibility index (Phi) is 11.7. The van der Waals surface area contributed by atoms with Gasteiger partial charge in [0.05, 0.1) is 6.54 Å². The molecule has 1 fully saturated rings. The van der Waals surface area contributed by atoms with Gasteiger partial charge in [-0.3, -0.25) is 9.79 Å². The standard InChI is InChI=1S/C16H32N4O.HI/c1-5-14(4)19-15(21)9-10-18-16(17-6-2)20-11-7-8-13(3)12-20;/h13-14H,5-12H2,1-4H3,(H,17,18)(H,19,21);1H. The van der Waals surface area contributed by atoms with Crippen molar-refractivity contribution < 1.29 is 4.79 Å². The first-order valence-corrected chi connectivity index (χ1v) is 8.39. The largest absolute Gasteiger partial charge is 0.357 e. The number of carbonyl (C=O) groups excluding carboxylic acids is 1. The zero-order valence-electron chi connectivity index (χ0n) is 14.5. The summed E-state index contributed by atoms with van der Waals surface area (Å²) in [4.78, 5) is 18.7. The maximum atomic E-state index is 11.8. The van der Waals surface area contributed by atoms with Gasteiger partial charge in [0.25, 0.3) is 0 Å². The van der Waals surface area contributed by atoms with Crippen LogP contribution in [0, 0.1) is 5.92 Å². The Labute approximate surface area is 152 Å². The van der Waals surface area contributed by atoms with Crippen LogP contribution >= 0.6 is 24.0 Å². The highest BCUT2D eigenvalue weighted by Crippen LogP contribution is 2.15. The van der Waals surface area contributed by atoms with Crippen LogP contribution in [0.5, 0.6) is 0 Å². The summed E-state index contributed by atoms with van der Waals surface area (Å²) in [6.45, 7) is 12.0. The molecule has 0 aliphatic carbocycles. The number of carbonyl (C=O) groups is 1. The minimum Gasteiger partial charge on any atom is -0.357 e. The van der Waals surface area contributed by atoms with E-state index in [-0.39, 0.29) is 35.9 Å². The van der Waals surface area contributed by atoms with Gasteiger partial charge in [-0.15, -0.1) is 24.0 Å². The van der Waals surface area contributed by atoms with Crippen LogP contribution in [0.25, 0.3) is 0 Å². The molecule has 1 amide bonds. The lowest BCUT2D eigenvalue weighted by Gasteiger charge is -2.33. The summed E-state index contributed by atoms with van der Waals surface area (Å²) in [5, 5.41) is 6.32. The first-order chi connectivity index (χ1) is 10.1. The molecule has 0 bridgehead atoms. The lowest BCUT2D eigenvalue weighted by Crippen LogP contribution is -2.46. The van der Waals surface area contributed by atoms with Gasteiger partial charge in [-0.05, 0) is 39.0 Å². The van der Waals surface area contributed by atoms with Crippen molar-refractivity contribution in [1.29, 1.82) is 0 Å². The van der Waals surface area contributed by atoms with E-state index in [2.05, 4.69) is 41.3 Å². The van der Waals surface area contributed by atoms with E-state index in [0.717, 1.165) is 37.9 Å². The summed E-state index contributed by atoms with van der Waals surface area (Å²) in [6.07, 6.45) is 3.94. The summed E-state index contributed by atoms with van der Waals surface area (Å²) < 4.78 is 0. The predicted molar refractivity (Wildman–Crippen MR) is 104 cm³/mol. The zero-order valence-corrected chi connectivity index (χ0v) is 16.9. The second kappa shape index (κ2) is 12.0. The number of nitrogens with zero attached hydrogens (tertiary/aromatic N) is 2. The van der Waals surface area contributed by atoms with Crippen molar-refractivity contribution in [3.05, 3.63) is 0 Å². The molecule has 22 heavy (non-hydrogen) atoms. The molecule has 1 saturated heterocycles. The average Bonchev–Trinajstić information content (AvgIpc) is 2.46. The number of hydrogen-bond acceptors (Lipinski definition) is 2. The van der Waals surface area contributed by atoms with Gasteiger partial charge in [0.15, 0.2) is 5.96 Å². The van der Waals surface area contributed by atoms with Gasteiger partial charge in [0, 0.05) is 32.1 Å². The van der Waals surface area contributed by atoms with Gasteiger partial charge in [-0.1, -0.05) is 13.8 Å². The van der Waals surface area contributed by atoms with Crippen molar-refractivity contribution in [3.63, 3.8) is 0 Å². The van der Waals surface area contributed by atoms with Crippen molar-refractivity contribution in [2.24, 2.45) is 10.9 Å². The molecule has 6 heteroatoms. The Hall–Kier alpha value is -0.530. The maximum absolute atomic E-state index is 11.8. The fourth-order valence-electron chi connectivity index (χ4n) is 2.52. The quantitative estimate of drug-likeness (QED) is 0.392. The van der Waals surface area contributed by atoms with Crippen LogP contribution in [0.1, 0.15) is 53.4 Å². The molecular formula is C16H33IN4O. The van der Waals surface area contributed by atoms with E-state index < -0.39 is 0 Å². The number of likely N-dealkylation sites (tertiary alicyclic amines) is 1. The molecule has 1 aliphatic rings. The van der Waals surface area contributed by atoms with Crippen LogP contribution in [0.2, 0.25) is 0 Å². The highest BCUT2D eigenvalue weighted by Gasteiger charge is 2.19. The van der Waals surface area contributed by atoms with E-state index in [4.69, 9.17) is 0 Å². The molecule has 1 aliphatic heterocycles. The summed E-state index contributed by atoms with van der Waals surface area (Å²) in [6, 6.07) is 0.248. The van der Waals surface area contributed by atoms with Gasteiger partial charge in [-0.2, -0.15) is 0 Å². The molecule has 130 valence electrons. The molecule has 2 atom stereocenters. The van der Waals surface area contributed by atoms with Crippen molar-refractivity contribution in [1.82, 2.24) is 15.5 Å². The third kappa shape index (κ3) is 8.19. The minimum absolute atomic E-state index is 0. The number of halogens is 1. The monoisotopic (exact) mass is 424 g/mol. The molecule has 1 rings (SSSR count). The lowest BCUT2D eigenvalue weighted by atomic mass is 10.0. The minimum atomic E-state index is 0. The summed E-state index contributed by atoms with van der Waals surface area (Å²) in [7, 11) is 0. The molecule has 5 nitrogen and oxygen atoms in total. The Morgan fingerprint density at radius 1 is 1.41 bits per heavy atom. The van der Waals surface area contributed by atoms with Gasteiger partial charge in [0.1, 0.15) is 0 Å². The third-order valence-corrected chi connectivity index (χ3v) is 3.91. The van der Waals surface area contributed by atoms with Gasteiger partial charge in [0.2, 0.25) is 5.91 Å². The highest BCUT2D eigenvalue weighted by molar-refractivity contribution is 14.0. The van der Waals surface area contributed by atoms with Crippen molar-refractivity contribution in [2.45, 2.75) is 59.4 Å². The third-order valence-electron chi connectivity index (χ3n) is 3.91.